The van der Waals surface area contributed by atoms with Crippen molar-refractivity contribution in [1.82, 2.24) is 0 Å². The number of carbonyl (C=O) groups is 2. The molecule has 1 aromatic carbocycles. The van der Waals surface area contributed by atoms with Crippen LogP contribution in [0.25, 0.3) is 0 Å². The Morgan fingerprint density at radius 1 is 0.533 bits per heavy atom. The molecule has 6 heteroatoms. The van der Waals surface area contributed by atoms with Crippen molar-refractivity contribution in [2.45, 2.75) is 55.4 Å². The van der Waals surface area contributed by atoms with Gasteiger partial charge >= 0.3 is 0 Å². The second-order valence-corrected chi connectivity index (χ2v) is 17.8. The number of carboxylic acid groups (broad SMARTS) is 2. The van der Waals surface area contributed by atoms with Crippen LogP contribution in [0.5, 0.6) is 0 Å². The van der Waals surface area contributed by atoms with Crippen molar-refractivity contribution in [1.29, 1.82) is 0 Å². The van der Waals surface area contributed by atoms with Gasteiger partial charge in [0.2, 0.25) is 0 Å². The summed E-state index contributed by atoms with van der Waals surface area (Å²) in [6.45, 7) is 18.8. The molecule has 0 spiro atoms. The molecule has 0 atom stereocenters. The van der Waals surface area contributed by atoms with Gasteiger partial charge in [-0.2, -0.15) is 0 Å². The fraction of sp³-hybridized carbons (Fsp3) is 0.667. The first kappa shape index (κ1) is 31.2. The van der Waals surface area contributed by atoms with E-state index in [1.165, 1.54) is 49.3 Å². The molecule has 0 aliphatic rings. The van der Waals surface area contributed by atoms with Gasteiger partial charge in [-0.25, -0.2) is 0 Å². The molecule has 0 unspecified atom stereocenters. The Morgan fingerprint density at radius 3 is 0.767 bits per heavy atom. The van der Waals surface area contributed by atoms with Crippen molar-refractivity contribution >= 4 is 26.5 Å². The molecule has 1 rings (SSSR count). The lowest BCUT2D eigenvalue weighted by molar-refractivity contribution is -0.256. The molecule has 0 heterocycles. The maximum absolute atomic E-state index is 10.2. The lowest BCUT2D eigenvalue weighted by atomic mass is 10.1. The minimum Gasteiger partial charge on any atom is -0.545 e. The first-order chi connectivity index (χ1) is 14.1. The van der Waals surface area contributed by atoms with Crippen LogP contribution < -0.4 is 10.2 Å². The van der Waals surface area contributed by atoms with Crippen LogP contribution in [0.1, 0.15) is 76.1 Å². The summed E-state index contributed by atoms with van der Waals surface area (Å²) in [4.78, 5) is 20.4. The molecule has 0 aromatic heterocycles. The van der Waals surface area contributed by atoms with Gasteiger partial charge in [-0.05, 0) is 66.5 Å². The van der Waals surface area contributed by atoms with Crippen molar-refractivity contribution in [2.75, 3.05) is 49.3 Å². The molecule has 0 fully saturated rings. The largest absolute Gasteiger partial charge is 0.545 e. The molecule has 0 amide bonds. The van der Waals surface area contributed by atoms with E-state index in [4.69, 9.17) is 0 Å². The summed E-state index contributed by atoms with van der Waals surface area (Å²) >= 11 is 0. The number of carboxylic acids is 2. The Balaban J connectivity index is 0. The van der Waals surface area contributed by atoms with Crippen molar-refractivity contribution in [3.8, 4) is 0 Å². The smallest absolute Gasteiger partial charge is 0.0715 e. The lowest BCUT2D eigenvalue weighted by Crippen LogP contribution is -2.24. The number of hydrogen-bond donors (Lipinski definition) is 0. The van der Waals surface area contributed by atoms with Gasteiger partial charge < -0.3 is 19.8 Å². The van der Waals surface area contributed by atoms with Gasteiger partial charge in [0.15, 0.2) is 0 Å². The van der Waals surface area contributed by atoms with Crippen LogP contribution in [0.4, 0.5) is 0 Å². The van der Waals surface area contributed by atoms with Crippen LogP contribution in [0.3, 0.4) is 0 Å². The SMILES string of the molecule is CC[P+](CC)(CC)CC.CC[P+](CC)(CC)CC.O=C([O-])c1ccc(C(=O)[O-])cc1. The summed E-state index contributed by atoms with van der Waals surface area (Å²) in [5, 5.41) is 20.4. The number of benzene rings is 1. The fourth-order valence-electron chi connectivity index (χ4n) is 3.43. The average Bonchev–Trinajstić information content (AvgIpc) is 2.79. The first-order valence-electron chi connectivity index (χ1n) is 11.3. The van der Waals surface area contributed by atoms with E-state index < -0.39 is 26.5 Å². The third-order valence-corrected chi connectivity index (χ3v) is 17.5. The molecule has 0 bridgehead atoms. The molecular weight excluding hydrogens is 414 g/mol. The highest BCUT2D eigenvalue weighted by molar-refractivity contribution is 7.76. The van der Waals surface area contributed by atoms with E-state index >= 15 is 0 Å². The maximum Gasteiger partial charge on any atom is 0.0715 e. The van der Waals surface area contributed by atoms with Crippen molar-refractivity contribution in [3.05, 3.63) is 35.4 Å². The van der Waals surface area contributed by atoms with Crippen LogP contribution in [0.15, 0.2) is 24.3 Å². The number of carbonyl (C=O) groups excluding carboxylic acids is 2. The Bertz CT molecular complexity index is 504. The number of rotatable bonds is 10. The van der Waals surface area contributed by atoms with E-state index in [1.807, 2.05) is 0 Å². The van der Waals surface area contributed by atoms with E-state index in [0.717, 1.165) is 24.3 Å². The quantitative estimate of drug-likeness (QED) is 0.481. The predicted molar refractivity (Wildman–Crippen MR) is 133 cm³/mol. The minimum atomic E-state index is -1.33. The van der Waals surface area contributed by atoms with E-state index in [1.54, 1.807) is 0 Å². The third kappa shape index (κ3) is 10.9. The topological polar surface area (TPSA) is 80.3 Å². The zero-order valence-corrected chi connectivity index (χ0v) is 22.3. The molecule has 0 aliphatic carbocycles. The molecule has 1 aromatic rings. The Kier molecular flexibility index (Phi) is 17.4. The van der Waals surface area contributed by atoms with Gasteiger partial charge in [-0.15, -0.1) is 0 Å². The minimum absolute atomic E-state index is 0.0556. The number of aromatic carboxylic acids is 2. The van der Waals surface area contributed by atoms with Crippen LogP contribution in [-0.2, 0) is 0 Å². The third-order valence-electron chi connectivity index (χ3n) is 6.72. The zero-order chi connectivity index (χ0) is 23.8. The molecular formula is C24H44O4P2. The highest BCUT2D eigenvalue weighted by Gasteiger charge is 2.28. The van der Waals surface area contributed by atoms with Crippen molar-refractivity contribution < 1.29 is 19.8 Å². The predicted octanol–water partition coefficient (Wildman–Crippen LogP) is 4.58. The summed E-state index contributed by atoms with van der Waals surface area (Å²) < 4.78 is 0. The van der Waals surface area contributed by atoms with E-state index in [9.17, 15) is 19.8 Å². The van der Waals surface area contributed by atoms with Crippen LogP contribution >= 0.6 is 14.5 Å². The molecule has 174 valence electrons. The van der Waals surface area contributed by atoms with Crippen LogP contribution in [-0.4, -0.2) is 61.2 Å². The van der Waals surface area contributed by atoms with E-state index in [0.29, 0.717) is 0 Å². The summed E-state index contributed by atoms with van der Waals surface area (Å²) in [5.74, 6) is -2.67. The van der Waals surface area contributed by atoms with Gasteiger partial charge in [-0.3, -0.25) is 0 Å². The molecule has 0 N–H and O–H groups in total. The summed E-state index contributed by atoms with van der Waals surface area (Å²) in [6.07, 6.45) is 11.6. The monoisotopic (exact) mass is 458 g/mol. The number of hydrogen-bond acceptors (Lipinski definition) is 4. The van der Waals surface area contributed by atoms with Gasteiger partial charge in [0.1, 0.15) is 0 Å². The molecule has 0 aliphatic heterocycles. The maximum atomic E-state index is 10.2. The fourth-order valence-corrected chi connectivity index (χ4v) is 8.79. The van der Waals surface area contributed by atoms with Gasteiger partial charge in [-0.1, -0.05) is 24.3 Å². The molecule has 30 heavy (non-hydrogen) atoms. The van der Waals surface area contributed by atoms with Gasteiger partial charge in [0, 0.05) is 14.5 Å². The molecule has 0 radical (unpaired) electrons. The molecule has 0 saturated carbocycles. The van der Waals surface area contributed by atoms with E-state index in [2.05, 4.69) is 55.4 Å². The molecule has 4 nitrogen and oxygen atoms in total. The average molecular weight is 459 g/mol. The van der Waals surface area contributed by atoms with Crippen molar-refractivity contribution in [3.63, 3.8) is 0 Å². The summed E-state index contributed by atoms with van der Waals surface area (Å²) in [6, 6.07) is 4.61. The van der Waals surface area contributed by atoms with Crippen LogP contribution in [0, 0.1) is 0 Å². The van der Waals surface area contributed by atoms with Crippen LogP contribution in [0.2, 0.25) is 0 Å². The standard InChI is InChI=1S/C8H6O4.2C8H20P/c9-7(10)5-1-2-6(4-3-5)8(11)12;2*1-5-9(6-2,7-3)8-4/h1-4H,(H,9,10)(H,11,12);2*5-8H2,1-4H3/q;2*+1/p-2. The first-order valence-corrected chi connectivity index (χ1v) is 16.4. The second kappa shape index (κ2) is 16.7. The highest BCUT2D eigenvalue weighted by Crippen LogP contribution is 2.57. The lowest BCUT2D eigenvalue weighted by Gasteiger charge is -2.20. The van der Waals surface area contributed by atoms with E-state index in [-0.39, 0.29) is 11.1 Å². The van der Waals surface area contributed by atoms with Gasteiger partial charge in [0.05, 0.1) is 61.2 Å². The summed E-state index contributed by atoms with van der Waals surface area (Å²) in [7, 11) is -0.840. The Hall–Kier alpha value is -0.980. The normalized spacial score (nSPS) is 10.9. The Labute approximate surface area is 186 Å². The summed E-state index contributed by atoms with van der Waals surface area (Å²) in [5.41, 5.74) is -0.111. The van der Waals surface area contributed by atoms with Gasteiger partial charge in [0.25, 0.3) is 0 Å². The zero-order valence-electron chi connectivity index (χ0n) is 20.5. The highest BCUT2D eigenvalue weighted by atomic mass is 31.2. The molecule has 0 saturated heterocycles. The second-order valence-electron chi connectivity index (χ2n) is 7.37. The van der Waals surface area contributed by atoms with Crippen molar-refractivity contribution in [2.24, 2.45) is 0 Å². The Morgan fingerprint density at radius 2 is 0.700 bits per heavy atom.